The lowest BCUT2D eigenvalue weighted by atomic mass is 10.0. The lowest BCUT2D eigenvalue weighted by Crippen LogP contribution is -2.43. The minimum atomic E-state index is -5.08. The molecule has 24 heavy (non-hydrogen) atoms. The van der Waals surface area contributed by atoms with Gasteiger partial charge in [0, 0.05) is 15.7 Å². The second kappa shape index (κ2) is 7.90. The monoisotopic (exact) mass is 457 g/mol. The van der Waals surface area contributed by atoms with Crippen molar-refractivity contribution in [3.8, 4) is 5.75 Å². The van der Waals surface area contributed by atoms with Crippen molar-refractivity contribution in [1.82, 2.24) is 4.90 Å². The van der Waals surface area contributed by atoms with Gasteiger partial charge in [-0.25, -0.2) is 4.79 Å². The maximum absolute atomic E-state index is 10.6. The Bertz CT molecular complexity index is 551. The lowest BCUT2D eigenvalue weighted by molar-refractivity contribution is -0.192. The van der Waals surface area contributed by atoms with E-state index in [4.69, 9.17) is 14.6 Å². The van der Waals surface area contributed by atoms with Gasteiger partial charge in [-0.3, -0.25) is 0 Å². The summed E-state index contributed by atoms with van der Waals surface area (Å²) in [6, 6.07) is 9.90. The molecule has 0 amide bonds. The molecule has 2 heterocycles. The van der Waals surface area contributed by atoms with Gasteiger partial charge in [-0.2, -0.15) is 13.2 Å². The normalized spacial score (nSPS) is 26.5. The van der Waals surface area contributed by atoms with E-state index in [2.05, 4.69) is 58.8 Å². The van der Waals surface area contributed by atoms with Crippen molar-refractivity contribution < 1.29 is 27.8 Å². The van der Waals surface area contributed by atoms with E-state index >= 15 is 0 Å². The first kappa shape index (κ1) is 19.3. The van der Waals surface area contributed by atoms with Crippen molar-refractivity contribution >= 4 is 28.6 Å². The number of benzene rings is 1. The standard InChI is InChI=1S/C14H18INO.C2HF3O2/c1-16-11-4-5-12(16)9-14(8-11)17-13-6-2-10(15)3-7-13;3-2(4,5)1(6)7/h2-3,6-7,11-12,14H,4-5,8-9H2,1H3;(H,6,7)/t11-,12+,14-;. The van der Waals surface area contributed by atoms with E-state index < -0.39 is 12.1 Å². The number of carboxylic acids is 1. The minimum Gasteiger partial charge on any atom is -0.490 e. The number of fused-ring (bicyclic) bond motifs is 2. The Balaban J connectivity index is 0.000000256. The summed E-state index contributed by atoms with van der Waals surface area (Å²) < 4.78 is 39.1. The zero-order valence-corrected chi connectivity index (χ0v) is 15.3. The van der Waals surface area contributed by atoms with Crippen molar-refractivity contribution in [2.45, 2.75) is 50.0 Å². The first-order valence-corrected chi connectivity index (χ1v) is 8.69. The van der Waals surface area contributed by atoms with Crippen LogP contribution in [0, 0.1) is 3.57 Å². The number of hydrogen-bond donors (Lipinski definition) is 1. The molecule has 0 aliphatic carbocycles. The predicted octanol–water partition coefficient (Wildman–Crippen LogP) is 3.93. The molecule has 2 aliphatic heterocycles. The van der Waals surface area contributed by atoms with Crippen molar-refractivity contribution in [2.24, 2.45) is 0 Å². The van der Waals surface area contributed by atoms with Crippen LogP contribution in [0.2, 0.25) is 0 Å². The second-order valence-electron chi connectivity index (χ2n) is 6.02. The zero-order valence-electron chi connectivity index (χ0n) is 13.1. The van der Waals surface area contributed by atoms with Gasteiger partial charge < -0.3 is 14.7 Å². The molecule has 0 radical (unpaired) electrons. The molecule has 2 aliphatic rings. The summed E-state index contributed by atoms with van der Waals surface area (Å²) in [6.45, 7) is 0. The highest BCUT2D eigenvalue weighted by atomic mass is 127. The molecule has 0 spiro atoms. The molecule has 2 saturated heterocycles. The van der Waals surface area contributed by atoms with E-state index in [1.807, 2.05) is 0 Å². The minimum absolute atomic E-state index is 0.420. The van der Waals surface area contributed by atoms with Gasteiger partial charge in [0.25, 0.3) is 0 Å². The number of halogens is 4. The summed E-state index contributed by atoms with van der Waals surface area (Å²) >= 11 is 2.32. The molecular weight excluding hydrogens is 438 g/mol. The van der Waals surface area contributed by atoms with Gasteiger partial charge in [-0.15, -0.1) is 0 Å². The number of hydrogen-bond acceptors (Lipinski definition) is 3. The Labute approximate surface area is 152 Å². The molecule has 1 aromatic carbocycles. The van der Waals surface area contributed by atoms with Crippen LogP contribution in [0.3, 0.4) is 0 Å². The largest absolute Gasteiger partial charge is 0.490 e. The highest BCUT2D eigenvalue weighted by Crippen LogP contribution is 2.35. The van der Waals surface area contributed by atoms with Crippen LogP contribution in [-0.2, 0) is 4.79 Å². The average Bonchev–Trinajstić information content (AvgIpc) is 2.72. The summed E-state index contributed by atoms with van der Waals surface area (Å²) in [5, 5.41) is 7.12. The fraction of sp³-hybridized carbons (Fsp3) is 0.562. The molecule has 0 unspecified atom stereocenters. The smallest absolute Gasteiger partial charge is 0.490 e. The Morgan fingerprint density at radius 1 is 1.21 bits per heavy atom. The molecule has 1 N–H and O–H groups in total. The lowest BCUT2D eigenvalue weighted by Gasteiger charge is -2.36. The topological polar surface area (TPSA) is 49.8 Å². The maximum Gasteiger partial charge on any atom is 0.490 e. The number of ether oxygens (including phenoxy) is 1. The molecule has 3 rings (SSSR count). The summed E-state index contributed by atoms with van der Waals surface area (Å²) in [4.78, 5) is 11.4. The second-order valence-corrected chi connectivity index (χ2v) is 7.26. The van der Waals surface area contributed by atoms with Crippen LogP contribution in [0.5, 0.6) is 5.75 Å². The zero-order chi connectivity index (χ0) is 17.9. The quantitative estimate of drug-likeness (QED) is 0.685. The van der Waals surface area contributed by atoms with Gasteiger partial charge in [0.15, 0.2) is 0 Å². The number of carbonyl (C=O) groups is 1. The van der Waals surface area contributed by atoms with Crippen molar-refractivity contribution in [3.63, 3.8) is 0 Å². The van der Waals surface area contributed by atoms with E-state index in [0.717, 1.165) is 17.8 Å². The third-order valence-electron chi connectivity index (χ3n) is 4.41. The fourth-order valence-corrected chi connectivity index (χ4v) is 3.52. The van der Waals surface area contributed by atoms with Crippen LogP contribution in [0.25, 0.3) is 0 Å². The summed E-state index contributed by atoms with van der Waals surface area (Å²) in [6.07, 6.45) is 0.433. The highest BCUT2D eigenvalue weighted by Gasteiger charge is 2.39. The average molecular weight is 457 g/mol. The van der Waals surface area contributed by atoms with Gasteiger partial charge in [-0.1, -0.05) is 0 Å². The van der Waals surface area contributed by atoms with Crippen LogP contribution in [0.4, 0.5) is 13.2 Å². The van der Waals surface area contributed by atoms with Crippen molar-refractivity contribution in [3.05, 3.63) is 27.8 Å². The Morgan fingerprint density at radius 3 is 2.08 bits per heavy atom. The Kier molecular flexibility index (Phi) is 6.35. The van der Waals surface area contributed by atoms with E-state index in [1.54, 1.807) is 0 Å². The molecule has 2 bridgehead atoms. The van der Waals surface area contributed by atoms with E-state index in [9.17, 15) is 13.2 Å². The van der Waals surface area contributed by atoms with Crippen molar-refractivity contribution in [1.29, 1.82) is 0 Å². The van der Waals surface area contributed by atoms with E-state index in [-0.39, 0.29) is 0 Å². The fourth-order valence-electron chi connectivity index (χ4n) is 3.16. The summed E-state index contributed by atoms with van der Waals surface area (Å²) in [5.74, 6) is -1.73. The Morgan fingerprint density at radius 2 is 1.67 bits per heavy atom. The van der Waals surface area contributed by atoms with Crippen LogP contribution in [-0.4, -0.2) is 47.4 Å². The highest BCUT2D eigenvalue weighted by molar-refractivity contribution is 14.1. The molecule has 4 nitrogen and oxygen atoms in total. The molecule has 134 valence electrons. The molecule has 0 saturated carbocycles. The third-order valence-corrected chi connectivity index (χ3v) is 5.13. The number of carboxylic acid groups (broad SMARTS) is 1. The van der Waals surface area contributed by atoms with E-state index in [0.29, 0.717) is 6.10 Å². The summed E-state index contributed by atoms with van der Waals surface area (Å²) in [7, 11) is 2.27. The SMILES string of the molecule is CN1[C@@H]2CC[C@H]1C[C@H](Oc1ccc(I)cc1)C2.O=C(O)C(F)(F)F. The van der Waals surface area contributed by atoms with Gasteiger partial charge in [0.05, 0.1) is 0 Å². The first-order valence-electron chi connectivity index (χ1n) is 7.61. The van der Waals surface area contributed by atoms with Crippen LogP contribution in [0.15, 0.2) is 24.3 Å². The molecule has 2 fully saturated rings. The Hall–Kier alpha value is -1.03. The van der Waals surface area contributed by atoms with Gasteiger partial charge >= 0.3 is 12.1 Å². The van der Waals surface area contributed by atoms with Crippen LogP contribution < -0.4 is 4.74 Å². The number of piperidine rings is 1. The maximum atomic E-state index is 10.6. The molecule has 8 heteroatoms. The molecule has 0 aromatic heterocycles. The van der Waals surface area contributed by atoms with E-state index in [1.165, 1.54) is 29.3 Å². The summed E-state index contributed by atoms with van der Waals surface area (Å²) in [5.41, 5.74) is 0. The number of nitrogens with zero attached hydrogens (tertiary/aromatic N) is 1. The third kappa shape index (κ3) is 5.23. The van der Waals surface area contributed by atoms with Gasteiger partial charge in [0.1, 0.15) is 11.9 Å². The number of aliphatic carboxylic acids is 1. The molecule has 3 atom stereocenters. The number of alkyl halides is 3. The van der Waals surface area contributed by atoms with Crippen LogP contribution >= 0.6 is 22.6 Å². The van der Waals surface area contributed by atoms with Gasteiger partial charge in [0.2, 0.25) is 0 Å². The van der Waals surface area contributed by atoms with Gasteiger partial charge in [-0.05, 0) is 79.6 Å². The molecular formula is C16H19F3INO3. The van der Waals surface area contributed by atoms with Crippen molar-refractivity contribution in [2.75, 3.05) is 7.05 Å². The van der Waals surface area contributed by atoms with Crippen LogP contribution in [0.1, 0.15) is 25.7 Å². The predicted molar refractivity (Wildman–Crippen MR) is 91.1 cm³/mol. The number of rotatable bonds is 2. The molecule has 1 aromatic rings. The first-order chi connectivity index (χ1) is 11.2.